The number of rotatable bonds is 8. The minimum absolute atomic E-state index is 0.378. The minimum atomic E-state index is -1.31. The van der Waals surface area contributed by atoms with Gasteiger partial charge in [-0.3, -0.25) is 4.98 Å². The number of nitrogens with one attached hydrogen (secondary N) is 1. The second kappa shape index (κ2) is 9.84. The Hall–Kier alpha value is -3.05. The van der Waals surface area contributed by atoms with E-state index in [0.29, 0.717) is 28.1 Å². The molecule has 3 N–H and O–H groups in total. The third-order valence-corrected chi connectivity index (χ3v) is 6.25. The molecule has 0 saturated carbocycles. The van der Waals surface area contributed by atoms with Crippen molar-refractivity contribution < 1.29 is 14.9 Å². The van der Waals surface area contributed by atoms with Gasteiger partial charge in [0, 0.05) is 34.9 Å². The van der Waals surface area contributed by atoms with E-state index in [-0.39, 0.29) is 0 Å². The van der Waals surface area contributed by atoms with E-state index in [1.54, 1.807) is 30.0 Å². The molecule has 0 bridgehead atoms. The van der Waals surface area contributed by atoms with Crippen molar-refractivity contribution in [3.8, 4) is 11.5 Å². The first-order chi connectivity index (χ1) is 15.8. The fourth-order valence-electron chi connectivity index (χ4n) is 2.81. The van der Waals surface area contributed by atoms with E-state index in [1.807, 2.05) is 37.3 Å². The molecular formula is C23H23N5O3S2. The molecule has 0 spiro atoms. The molecule has 4 aromatic heterocycles. The summed E-state index contributed by atoms with van der Waals surface area (Å²) in [6, 6.07) is 11.2. The first-order valence-corrected chi connectivity index (χ1v) is 11.8. The van der Waals surface area contributed by atoms with Gasteiger partial charge < -0.3 is 20.3 Å². The van der Waals surface area contributed by atoms with E-state index < -0.39 is 11.7 Å². The molecule has 1 unspecified atom stereocenters. The van der Waals surface area contributed by atoms with Crippen LogP contribution in [0.3, 0.4) is 0 Å². The van der Waals surface area contributed by atoms with Gasteiger partial charge in [0.05, 0.1) is 17.0 Å². The fourth-order valence-corrected chi connectivity index (χ4v) is 4.31. The molecule has 8 nitrogen and oxygen atoms in total. The molecular weight excluding hydrogens is 458 g/mol. The van der Waals surface area contributed by atoms with Gasteiger partial charge in [-0.25, -0.2) is 15.0 Å². The van der Waals surface area contributed by atoms with E-state index in [4.69, 9.17) is 4.74 Å². The third kappa shape index (κ3) is 5.85. The Bertz CT molecular complexity index is 1230. The Morgan fingerprint density at radius 1 is 1.09 bits per heavy atom. The summed E-state index contributed by atoms with van der Waals surface area (Å²) < 4.78 is 6.17. The number of anilines is 2. The van der Waals surface area contributed by atoms with Crippen molar-refractivity contribution >= 4 is 34.0 Å². The lowest BCUT2D eigenvalue weighted by atomic mass is 10.0. The monoisotopic (exact) mass is 481 g/mol. The summed E-state index contributed by atoms with van der Waals surface area (Å²) >= 11 is 2.77. The summed E-state index contributed by atoms with van der Waals surface area (Å²) in [6.07, 6.45) is 4.07. The average molecular weight is 482 g/mol. The van der Waals surface area contributed by atoms with Crippen LogP contribution in [0, 0.1) is 6.92 Å². The summed E-state index contributed by atoms with van der Waals surface area (Å²) in [5.74, 6) is 1.56. The fraction of sp³-hybridized carbons (Fsp3) is 0.217. The van der Waals surface area contributed by atoms with Crippen LogP contribution in [0.1, 0.15) is 31.3 Å². The highest BCUT2D eigenvalue weighted by Gasteiger charge is 2.28. The normalized spacial score (nSPS) is 12.4. The van der Waals surface area contributed by atoms with Gasteiger partial charge in [0.2, 0.25) is 0 Å². The number of thiazole rings is 1. The second-order valence-corrected chi connectivity index (χ2v) is 9.69. The molecule has 0 aliphatic rings. The van der Waals surface area contributed by atoms with Crippen LogP contribution in [0.2, 0.25) is 0 Å². The van der Waals surface area contributed by atoms with Gasteiger partial charge in [0.15, 0.2) is 16.7 Å². The molecule has 0 aliphatic heterocycles. The summed E-state index contributed by atoms with van der Waals surface area (Å²) in [7, 11) is 0. The predicted molar refractivity (Wildman–Crippen MR) is 128 cm³/mol. The first kappa shape index (κ1) is 23.1. The van der Waals surface area contributed by atoms with E-state index in [1.165, 1.54) is 36.9 Å². The Kier molecular flexibility index (Phi) is 6.89. The molecule has 33 heavy (non-hydrogen) atoms. The maximum Gasteiger partial charge on any atom is 0.188 e. The zero-order chi connectivity index (χ0) is 23.4. The smallest absolute Gasteiger partial charge is 0.188 e. The molecule has 1 atom stereocenters. The van der Waals surface area contributed by atoms with Gasteiger partial charge in [0.1, 0.15) is 16.9 Å². The maximum atomic E-state index is 10.3. The molecule has 0 saturated heterocycles. The van der Waals surface area contributed by atoms with Crippen LogP contribution in [0.4, 0.5) is 10.9 Å². The molecule has 0 amide bonds. The second-order valence-electron chi connectivity index (χ2n) is 7.74. The van der Waals surface area contributed by atoms with E-state index in [0.717, 1.165) is 15.6 Å². The Balaban J connectivity index is 1.63. The summed E-state index contributed by atoms with van der Waals surface area (Å²) in [5.41, 5.74) is -0.181. The zero-order valence-corrected chi connectivity index (χ0v) is 19.9. The van der Waals surface area contributed by atoms with Crippen LogP contribution in [0.25, 0.3) is 0 Å². The number of aliphatic hydroxyl groups excluding tert-OH is 1. The standard InChI is InChI=1S/C23H23N5O3S2/c1-14-17(7-6-10-24-14)31-18-11-15(33-19-8-4-5-9-25-19)12-26-21(18)28-22-27-16(13-32-22)20(29)23(2,3)30/h4-13,20,29-30H,1-3H3,(H,26,27,28). The number of hydrogen-bond donors (Lipinski definition) is 3. The number of nitrogens with zero attached hydrogens (tertiary/aromatic N) is 4. The van der Waals surface area contributed by atoms with Crippen LogP contribution >= 0.6 is 23.1 Å². The Morgan fingerprint density at radius 3 is 2.64 bits per heavy atom. The molecule has 10 heteroatoms. The number of ether oxygens (including phenoxy) is 1. The van der Waals surface area contributed by atoms with E-state index in [9.17, 15) is 10.2 Å². The molecule has 4 rings (SSSR count). The number of aromatic nitrogens is 4. The number of aliphatic hydroxyl groups is 2. The van der Waals surface area contributed by atoms with Crippen LogP contribution < -0.4 is 10.1 Å². The Morgan fingerprint density at radius 2 is 1.91 bits per heavy atom. The van der Waals surface area contributed by atoms with E-state index >= 15 is 0 Å². The largest absolute Gasteiger partial charge is 0.452 e. The van der Waals surface area contributed by atoms with Crippen LogP contribution in [0.15, 0.2) is 70.3 Å². The number of aryl methyl sites for hydroxylation is 1. The van der Waals surface area contributed by atoms with Crippen LogP contribution in [0.5, 0.6) is 11.5 Å². The van der Waals surface area contributed by atoms with Gasteiger partial charge in [-0.15, -0.1) is 11.3 Å². The molecule has 0 fully saturated rings. The molecule has 170 valence electrons. The van der Waals surface area contributed by atoms with E-state index in [2.05, 4.69) is 25.3 Å². The van der Waals surface area contributed by atoms with Crippen molar-refractivity contribution in [3.05, 3.63) is 71.8 Å². The predicted octanol–water partition coefficient (Wildman–Crippen LogP) is 5.13. The highest BCUT2D eigenvalue weighted by atomic mass is 32.2. The lowest BCUT2D eigenvalue weighted by Crippen LogP contribution is -2.28. The first-order valence-electron chi connectivity index (χ1n) is 10.1. The lowest BCUT2D eigenvalue weighted by Gasteiger charge is -2.22. The van der Waals surface area contributed by atoms with Gasteiger partial charge in [-0.2, -0.15) is 0 Å². The van der Waals surface area contributed by atoms with Crippen molar-refractivity contribution in [2.24, 2.45) is 0 Å². The molecule has 4 heterocycles. The van der Waals surface area contributed by atoms with Crippen LogP contribution in [-0.2, 0) is 0 Å². The zero-order valence-electron chi connectivity index (χ0n) is 18.3. The summed E-state index contributed by atoms with van der Waals surface area (Å²) in [6.45, 7) is 4.94. The highest BCUT2D eigenvalue weighted by Crippen LogP contribution is 2.37. The Labute approximate surface area is 199 Å². The summed E-state index contributed by atoms with van der Waals surface area (Å²) in [5, 5.41) is 26.6. The average Bonchev–Trinajstić information content (AvgIpc) is 3.25. The van der Waals surface area contributed by atoms with Crippen molar-refractivity contribution in [3.63, 3.8) is 0 Å². The van der Waals surface area contributed by atoms with Gasteiger partial charge in [0.25, 0.3) is 0 Å². The quantitative estimate of drug-likeness (QED) is 0.315. The van der Waals surface area contributed by atoms with Gasteiger partial charge >= 0.3 is 0 Å². The topological polar surface area (TPSA) is 113 Å². The van der Waals surface area contributed by atoms with Crippen molar-refractivity contribution in [1.82, 2.24) is 19.9 Å². The number of hydrogen-bond acceptors (Lipinski definition) is 10. The lowest BCUT2D eigenvalue weighted by molar-refractivity contribution is -0.0514. The molecule has 0 aromatic carbocycles. The summed E-state index contributed by atoms with van der Waals surface area (Å²) in [4.78, 5) is 18.4. The SMILES string of the molecule is Cc1ncccc1Oc1cc(Sc2ccccn2)cnc1Nc1nc(C(O)C(C)(C)O)cs1. The van der Waals surface area contributed by atoms with Gasteiger partial charge in [-0.05, 0) is 45.0 Å². The molecule has 0 aliphatic carbocycles. The third-order valence-electron chi connectivity index (χ3n) is 4.56. The van der Waals surface area contributed by atoms with Crippen molar-refractivity contribution in [1.29, 1.82) is 0 Å². The van der Waals surface area contributed by atoms with Crippen LogP contribution in [-0.4, -0.2) is 35.8 Å². The minimum Gasteiger partial charge on any atom is -0.452 e. The van der Waals surface area contributed by atoms with Gasteiger partial charge in [-0.1, -0.05) is 17.8 Å². The number of pyridine rings is 3. The molecule has 0 radical (unpaired) electrons. The van der Waals surface area contributed by atoms with Crippen molar-refractivity contribution in [2.75, 3.05) is 5.32 Å². The van der Waals surface area contributed by atoms with Crippen molar-refractivity contribution in [2.45, 2.75) is 42.4 Å². The molecule has 4 aromatic rings. The highest BCUT2D eigenvalue weighted by molar-refractivity contribution is 7.99. The maximum absolute atomic E-state index is 10.3.